The lowest BCUT2D eigenvalue weighted by molar-refractivity contribution is -0.121. The minimum Gasteiger partial charge on any atom is -0.497 e. The van der Waals surface area contributed by atoms with Crippen molar-refractivity contribution in [2.75, 3.05) is 18.2 Å². The molecule has 35 heavy (non-hydrogen) atoms. The number of ether oxygens (including phenoxy) is 1. The Kier molecular flexibility index (Phi) is 9.59. The lowest BCUT2D eigenvalue weighted by atomic mass is 10.1. The van der Waals surface area contributed by atoms with Crippen LogP contribution in [0.3, 0.4) is 0 Å². The van der Waals surface area contributed by atoms with Gasteiger partial charge in [0.05, 0.1) is 36.0 Å². The maximum atomic E-state index is 12.6. The number of carbonyl (C=O) groups excluding carboxylic acids is 2. The molecule has 1 aromatic heterocycles. The first-order chi connectivity index (χ1) is 16.8. The Morgan fingerprint density at radius 2 is 1.91 bits per heavy atom. The summed E-state index contributed by atoms with van der Waals surface area (Å²) in [6.07, 6.45) is 1.93. The van der Waals surface area contributed by atoms with Gasteiger partial charge in [0.15, 0.2) is 11.0 Å². The van der Waals surface area contributed by atoms with E-state index in [0.717, 1.165) is 11.3 Å². The molecular weight excluding hydrogens is 509 g/mol. The second-order valence-corrected chi connectivity index (χ2v) is 9.30. The summed E-state index contributed by atoms with van der Waals surface area (Å²) in [6, 6.07) is 11.8. The molecule has 8 nitrogen and oxygen atoms in total. The lowest BCUT2D eigenvalue weighted by Crippen LogP contribution is -2.30. The van der Waals surface area contributed by atoms with Crippen LogP contribution >= 0.6 is 35.0 Å². The molecule has 0 aliphatic heterocycles. The highest BCUT2D eigenvalue weighted by molar-refractivity contribution is 7.99. The van der Waals surface area contributed by atoms with Gasteiger partial charge in [-0.1, -0.05) is 53.2 Å². The number of rotatable bonds is 11. The predicted molar refractivity (Wildman–Crippen MR) is 139 cm³/mol. The first-order valence-corrected chi connectivity index (χ1v) is 12.4. The van der Waals surface area contributed by atoms with Crippen LogP contribution in [0.2, 0.25) is 10.0 Å². The van der Waals surface area contributed by atoms with E-state index in [1.54, 1.807) is 31.4 Å². The highest BCUT2D eigenvalue weighted by Crippen LogP contribution is 2.26. The third-order valence-electron chi connectivity index (χ3n) is 4.88. The van der Waals surface area contributed by atoms with Crippen LogP contribution in [-0.2, 0) is 22.6 Å². The number of halogens is 2. The lowest BCUT2D eigenvalue weighted by Gasteiger charge is -2.15. The van der Waals surface area contributed by atoms with Gasteiger partial charge in [-0.2, -0.15) is 0 Å². The van der Waals surface area contributed by atoms with E-state index >= 15 is 0 Å². The van der Waals surface area contributed by atoms with Gasteiger partial charge in [-0.25, -0.2) is 0 Å². The van der Waals surface area contributed by atoms with Crippen molar-refractivity contribution in [1.82, 2.24) is 20.1 Å². The van der Waals surface area contributed by atoms with Crippen LogP contribution in [0.25, 0.3) is 0 Å². The van der Waals surface area contributed by atoms with Crippen molar-refractivity contribution >= 4 is 52.5 Å². The smallest absolute Gasteiger partial charge is 0.234 e. The van der Waals surface area contributed by atoms with Gasteiger partial charge in [-0.15, -0.1) is 16.8 Å². The number of allylic oxidation sites excluding steroid dienone is 1. The summed E-state index contributed by atoms with van der Waals surface area (Å²) in [5, 5.41) is 15.5. The van der Waals surface area contributed by atoms with Crippen LogP contribution in [0.5, 0.6) is 5.75 Å². The van der Waals surface area contributed by atoms with E-state index in [9.17, 15) is 9.59 Å². The number of aromatic nitrogens is 3. The van der Waals surface area contributed by atoms with Crippen molar-refractivity contribution in [3.05, 3.63) is 76.6 Å². The number of nitrogens with one attached hydrogen (secondary N) is 2. The third kappa shape index (κ3) is 7.48. The molecule has 0 saturated heterocycles. The minimum atomic E-state index is -0.399. The zero-order chi connectivity index (χ0) is 25.4. The number of nitrogens with zero attached hydrogens (tertiary/aromatic N) is 3. The highest BCUT2D eigenvalue weighted by atomic mass is 35.5. The average Bonchev–Trinajstić information content (AvgIpc) is 3.23. The summed E-state index contributed by atoms with van der Waals surface area (Å²) < 4.78 is 6.96. The number of hydrogen-bond acceptors (Lipinski definition) is 6. The molecule has 0 unspecified atom stereocenters. The number of benzene rings is 2. The maximum absolute atomic E-state index is 12.6. The van der Waals surface area contributed by atoms with Crippen molar-refractivity contribution in [1.29, 1.82) is 0 Å². The molecule has 0 spiro atoms. The van der Waals surface area contributed by atoms with Crippen LogP contribution in [0.1, 0.15) is 24.4 Å². The van der Waals surface area contributed by atoms with Crippen LogP contribution in [-0.4, -0.2) is 39.4 Å². The van der Waals surface area contributed by atoms with E-state index < -0.39 is 6.04 Å². The quantitative estimate of drug-likeness (QED) is 0.268. The zero-order valence-corrected chi connectivity index (χ0v) is 21.6. The van der Waals surface area contributed by atoms with Gasteiger partial charge >= 0.3 is 0 Å². The summed E-state index contributed by atoms with van der Waals surface area (Å²) in [5.41, 5.74) is 1.34. The van der Waals surface area contributed by atoms with Crippen LogP contribution < -0.4 is 15.4 Å². The van der Waals surface area contributed by atoms with E-state index in [4.69, 9.17) is 27.9 Å². The van der Waals surface area contributed by atoms with Gasteiger partial charge in [0.1, 0.15) is 5.75 Å². The van der Waals surface area contributed by atoms with Gasteiger partial charge in [0.25, 0.3) is 0 Å². The summed E-state index contributed by atoms with van der Waals surface area (Å²) in [6.45, 7) is 6.05. The highest BCUT2D eigenvalue weighted by Gasteiger charge is 2.20. The minimum absolute atomic E-state index is 0.0897. The Morgan fingerprint density at radius 3 is 2.57 bits per heavy atom. The summed E-state index contributed by atoms with van der Waals surface area (Å²) in [5.74, 6) is 0.984. The molecule has 0 aliphatic rings. The molecule has 0 bridgehead atoms. The van der Waals surface area contributed by atoms with Crippen molar-refractivity contribution in [3.8, 4) is 5.75 Å². The number of anilines is 1. The molecule has 11 heteroatoms. The van der Waals surface area contributed by atoms with E-state index in [2.05, 4.69) is 27.4 Å². The largest absolute Gasteiger partial charge is 0.497 e. The normalized spacial score (nSPS) is 11.5. The molecule has 1 atom stereocenters. The molecule has 3 aromatic rings. The van der Waals surface area contributed by atoms with Gasteiger partial charge in [-0.3, -0.25) is 9.59 Å². The van der Waals surface area contributed by atoms with E-state index in [1.807, 2.05) is 35.8 Å². The Bertz CT molecular complexity index is 1200. The van der Waals surface area contributed by atoms with Gasteiger partial charge in [0, 0.05) is 11.6 Å². The van der Waals surface area contributed by atoms with Crippen LogP contribution in [0.4, 0.5) is 5.69 Å². The molecule has 2 aromatic carbocycles. The molecule has 3 rings (SSSR count). The first kappa shape index (κ1) is 26.6. The van der Waals surface area contributed by atoms with Gasteiger partial charge in [0.2, 0.25) is 11.8 Å². The number of carbonyl (C=O) groups is 2. The maximum Gasteiger partial charge on any atom is 0.234 e. The standard InChI is InChI=1S/C24H25Cl2N5O3S/c1-4-11-31-23(15(2)27-21(32)12-16-5-8-18(34-3)9-6-16)29-30-24(31)35-14-22(33)28-20-10-7-17(25)13-19(20)26/h4-10,13,15H,1,11-12,14H2,2-3H3,(H,27,32)(H,28,33)/t15-/m0/s1. The second-order valence-electron chi connectivity index (χ2n) is 7.52. The zero-order valence-electron chi connectivity index (χ0n) is 19.3. The Labute approximate surface area is 218 Å². The second kappa shape index (κ2) is 12.6. The molecular formula is C24H25Cl2N5O3S. The van der Waals surface area contributed by atoms with Crippen molar-refractivity contribution in [2.24, 2.45) is 0 Å². The first-order valence-electron chi connectivity index (χ1n) is 10.6. The summed E-state index contributed by atoms with van der Waals surface area (Å²) in [4.78, 5) is 25.0. The van der Waals surface area contributed by atoms with Crippen molar-refractivity contribution < 1.29 is 14.3 Å². The third-order valence-corrected chi connectivity index (χ3v) is 6.40. The van der Waals surface area contributed by atoms with E-state index in [1.165, 1.54) is 11.8 Å². The van der Waals surface area contributed by atoms with Gasteiger partial charge in [-0.05, 0) is 42.8 Å². The number of hydrogen-bond donors (Lipinski definition) is 2. The van der Waals surface area contributed by atoms with Crippen molar-refractivity contribution in [3.63, 3.8) is 0 Å². The summed E-state index contributed by atoms with van der Waals surface area (Å²) in [7, 11) is 1.59. The molecule has 0 fully saturated rings. The Balaban J connectivity index is 1.61. The molecule has 2 amide bonds. The predicted octanol–water partition coefficient (Wildman–Crippen LogP) is 4.93. The van der Waals surface area contributed by atoms with Crippen molar-refractivity contribution in [2.45, 2.75) is 31.1 Å². The number of methoxy groups -OCH3 is 1. The molecule has 0 radical (unpaired) electrons. The number of amides is 2. The molecule has 0 aliphatic carbocycles. The van der Waals surface area contributed by atoms with Gasteiger partial charge < -0.3 is 19.9 Å². The van der Waals surface area contributed by atoms with Crippen LogP contribution in [0.15, 0.2) is 60.3 Å². The fourth-order valence-electron chi connectivity index (χ4n) is 3.22. The topological polar surface area (TPSA) is 98.1 Å². The Morgan fingerprint density at radius 1 is 1.17 bits per heavy atom. The SMILES string of the molecule is C=CCn1c(SCC(=O)Nc2ccc(Cl)cc2Cl)nnc1[C@H](C)NC(=O)Cc1ccc(OC)cc1. The molecule has 1 heterocycles. The number of thioether (sulfide) groups is 1. The monoisotopic (exact) mass is 533 g/mol. The fourth-order valence-corrected chi connectivity index (χ4v) is 4.43. The van der Waals surface area contributed by atoms with E-state index in [-0.39, 0.29) is 24.0 Å². The fraction of sp³-hybridized carbons (Fsp3) is 0.250. The molecule has 2 N–H and O–H groups in total. The Hall–Kier alpha value is -3.01. The molecule has 184 valence electrons. The van der Waals surface area contributed by atoms with Crippen LogP contribution in [0, 0.1) is 0 Å². The average molecular weight is 534 g/mol. The molecule has 0 saturated carbocycles. The summed E-state index contributed by atoms with van der Waals surface area (Å²) >= 11 is 13.2. The van der Waals surface area contributed by atoms with E-state index in [0.29, 0.717) is 33.3 Å².